The average Bonchev–Trinajstić information content (AvgIpc) is 2.81. The molecule has 1 aliphatic carbocycles. The van der Waals surface area contributed by atoms with Crippen molar-refractivity contribution in [3.63, 3.8) is 0 Å². The molecule has 0 aliphatic heterocycles. The molecule has 1 atom stereocenters. The number of aliphatic hydroxyl groups is 1. The first-order valence-corrected chi connectivity index (χ1v) is 5.77. The summed E-state index contributed by atoms with van der Waals surface area (Å²) in [5.41, 5.74) is -0.789. The lowest BCUT2D eigenvalue weighted by Gasteiger charge is -2.33. The van der Waals surface area contributed by atoms with Crippen LogP contribution in [0.3, 0.4) is 0 Å². The van der Waals surface area contributed by atoms with Crippen LogP contribution < -0.4 is 0 Å². The minimum atomic E-state index is -1.12. The number of halogens is 2. The number of rotatable bonds is 3. The normalized spacial score (nSPS) is 20.5. The first-order valence-electron chi connectivity index (χ1n) is 5.77. The molecule has 2 rings (SSSR count). The number of hydrogen-bond acceptors (Lipinski definition) is 2. The van der Waals surface area contributed by atoms with E-state index in [1.54, 1.807) is 0 Å². The summed E-state index contributed by atoms with van der Waals surface area (Å²) in [6, 6.07) is 3.12. The molecule has 4 heteroatoms. The molecule has 0 aromatic heterocycles. The average molecular weight is 242 g/mol. The molecular formula is C13H16F2O2. The van der Waals surface area contributed by atoms with Crippen LogP contribution >= 0.6 is 0 Å². The number of hydrogen-bond donors (Lipinski definition) is 1. The predicted octanol–water partition coefficient (Wildman–Crippen LogP) is 2.96. The van der Waals surface area contributed by atoms with E-state index in [1.807, 2.05) is 0 Å². The Balaban J connectivity index is 2.35. The SMILES string of the molecule is COC1(C(O)c2cc(F)ccc2F)CCCC1. The summed E-state index contributed by atoms with van der Waals surface area (Å²) >= 11 is 0. The molecule has 1 unspecified atom stereocenters. The Morgan fingerprint density at radius 2 is 1.94 bits per heavy atom. The Bertz CT molecular complexity index is 400. The van der Waals surface area contributed by atoms with Crippen molar-refractivity contribution in [1.29, 1.82) is 0 Å². The molecule has 1 N–H and O–H groups in total. The Hall–Kier alpha value is -1.00. The number of benzene rings is 1. The number of aliphatic hydroxyl groups excluding tert-OH is 1. The molecule has 1 fully saturated rings. The molecule has 0 bridgehead atoms. The monoisotopic (exact) mass is 242 g/mol. The standard InChI is InChI=1S/C13H16F2O2/c1-17-13(6-2-3-7-13)12(16)10-8-9(14)4-5-11(10)15/h4-5,8,12,16H,2-3,6-7H2,1H3. The van der Waals surface area contributed by atoms with Gasteiger partial charge in [0.15, 0.2) is 0 Å². The highest BCUT2D eigenvalue weighted by Crippen LogP contribution is 2.43. The van der Waals surface area contributed by atoms with Crippen LogP contribution in [0.4, 0.5) is 8.78 Å². The van der Waals surface area contributed by atoms with Crippen molar-refractivity contribution in [1.82, 2.24) is 0 Å². The molecule has 0 radical (unpaired) electrons. The first kappa shape index (κ1) is 12.5. The lowest BCUT2D eigenvalue weighted by Crippen LogP contribution is -2.36. The van der Waals surface area contributed by atoms with Crippen molar-refractivity contribution in [2.24, 2.45) is 0 Å². The van der Waals surface area contributed by atoms with E-state index in [-0.39, 0.29) is 5.56 Å². The zero-order valence-corrected chi connectivity index (χ0v) is 9.75. The summed E-state index contributed by atoms with van der Waals surface area (Å²) in [5, 5.41) is 10.2. The van der Waals surface area contributed by atoms with Crippen LogP contribution in [0.5, 0.6) is 0 Å². The summed E-state index contributed by atoms with van der Waals surface area (Å²) in [4.78, 5) is 0. The lowest BCUT2D eigenvalue weighted by atomic mass is 9.89. The topological polar surface area (TPSA) is 29.5 Å². The molecule has 94 valence electrons. The largest absolute Gasteiger partial charge is 0.385 e. The van der Waals surface area contributed by atoms with Crippen molar-refractivity contribution < 1.29 is 18.6 Å². The fourth-order valence-electron chi connectivity index (χ4n) is 2.57. The second kappa shape index (κ2) is 4.70. The highest BCUT2D eigenvalue weighted by Gasteiger charge is 2.42. The fourth-order valence-corrected chi connectivity index (χ4v) is 2.57. The Labute approximate surface area is 99.2 Å². The van der Waals surface area contributed by atoms with E-state index in [2.05, 4.69) is 0 Å². The second-order valence-corrected chi connectivity index (χ2v) is 4.54. The molecule has 0 spiro atoms. The summed E-state index contributed by atoms with van der Waals surface area (Å²) in [6.07, 6.45) is 2.08. The Morgan fingerprint density at radius 3 is 2.53 bits per heavy atom. The smallest absolute Gasteiger partial charge is 0.129 e. The van der Waals surface area contributed by atoms with Crippen molar-refractivity contribution in [2.45, 2.75) is 37.4 Å². The minimum absolute atomic E-state index is 0.0197. The third-order valence-electron chi connectivity index (χ3n) is 3.61. The fraction of sp³-hybridized carbons (Fsp3) is 0.538. The molecular weight excluding hydrogens is 226 g/mol. The van der Waals surface area contributed by atoms with Crippen LogP contribution in [0.25, 0.3) is 0 Å². The zero-order chi connectivity index (χ0) is 12.5. The molecule has 1 saturated carbocycles. The van der Waals surface area contributed by atoms with Crippen molar-refractivity contribution >= 4 is 0 Å². The molecule has 1 aromatic carbocycles. The van der Waals surface area contributed by atoms with Crippen LogP contribution in [0.15, 0.2) is 18.2 Å². The van der Waals surface area contributed by atoms with Gasteiger partial charge in [-0.15, -0.1) is 0 Å². The van der Waals surface area contributed by atoms with Gasteiger partial charge in [-0.2, -0.15) is 0 Å². The predicted molar refractivity (Wildman–Crippen MR) is 59.5 cm³/mol. The van der Waals surface area contributed by atoms with Crippen LogP contribution in [0.1, 0.15) is 37.4 Å². The van der Waals surface area contributed by atoms with Crippen molar-refractivity contribution in [3.8, 4) is 0 Å². The van der Waals surface area contributed by atoms with Crippen LogP contribution in [0.2, 0.25) is 0 Å². The summed E-state index contributed by atoms with van der Waals surface area (Å²) in [7, 11) is 1.51. The molecule has 1 aromatic rings. The zero-order valence-electron chi connectivity index (χ0n) is 9.75. The van der Waals surface area contributed by atoms with Gasteiger partial charge in [0, 0.05) is 12.7 Å². The van der Waals surface area contributed by atoms with Crippen molar-refractivity contribution in [2.75, 3.05) is 7.11 Å². The lowest BCUT2D eigenvalue weighted by molar-refractivity contribution is -0.101. The maximum absolute atomic E-state index is 13.6. The van der Waals surface area contributed by atoms with Gasteiger partial charge in [-0.25, -0.2) is 8.78 Å². The van der Waals surface area contributed by atoms with Gasteiger partial charge in [0.25, 0.3) is 0 Å². The highest BCUT2D eigenvalue weighted by molar-refractivity contribution is 5.24. The first-order chi connectivity index (χ1) is 8.09. The summed E-state index contributed by atoms with van der Waals surface area (Å²) in [5.74, 6) is -1.15. The van der Waals surface area contributed by atoms with E-state index in [1.165, 1.54) is 7.11 Å². The number of ether oxygens (including phenoxy) is 1. The van der Waals surface area contributed by atoms with E-state index in [9.17, 15) is 13.9 Å². The molecule has 0 saturated heterocycles. The van der Waals surface area contributed by atoms with Crippen LogP contribution in [-0.4, -0.2) is 17.8 Å². The number of methoxy groups -OCH3 is 1. The maximum Gasteiger partial charge on any atom is 0.129 e. The Kier molecular flexibility index (Phi) is 3.45. The molecule has 0 heterocycles. The van der Waals surface area contributed by atoms with Gasteiger partial charge in [-0.3, -0.25) is 0 Å². The highest BCUT2D eigenvalue weighted by atomic mass is 19.1. The van der Waals surface area contributed by atoms with E-state index in [0.717, 1.165) is 31.0 Å². The van der Waals surface area contributed by atoms with E-state index < -0.39 is 23.3 Å². The van der Waals surface area contributed by atoms with E-state index >= 15 is 0 Å². The molecule has 1 aliphatic rings. The van der Waals surface area contributed by atoms with Gasteiger partial charge < -0.3 is 9.84 Å². The third-order valence-corrected chi connectivity index (χ3v) is 3.61. The molecule has 2 nitrogen and oxygen atoms in total. The van der Waals surface area contributed by atoms with Gasteiger partial charge in [-0.1, -0.05) is 12.8 Å². The third kappa shape index (κ3) is 2.19. The summed E-state index contributed by atoms with van der Waals surface area (Å²) in [6.45, 7) is 0. The summed E-state index contributed by atoms with van der Waals surface area (Å²) < 4.78 is 32.1. The van der Waals surface area contributed by atoms with E-state index in [4.69, 9.17) is 4.74 Å². The van der Waals surface area contributed by atoms with E-state index in [0.29, 0.717) is 12.8 Å². The van der Waals surface area contributed by atoms with Crippen LogP contribution in [0, 0.1) is 11.6 Å². The maximum atomic E-state index is 13.6. The molecule has 0 amide bonds. The second-order valence-electron chi connectivity index (χ2n) is 4.54. The van der Waals surface area contributed by atoms with Gasteiger partial charge in [-0.05, 0) is 31.0 Å². The van der Waals surface area contributed by atoms with Crippen LogP contribution in [-0.2, 0) is 4.74 Å². The minimum Gasteiger partial charge on any atom is -0.385 e. The van der Waals surface area contributed by atoms with Gasteiger partial charge >= 0.3 is 0 Å². The molecule has 17 heavy (non-hydrogen) atoms. The van der Waals surface area contributed by atoms with Gasteiger partial charge in [0.1, 0.15) is 17.7 Å². The van der Waals surface area contributed by atoms with Crippen molar-refractivity contribution in [3.05, 3.63) is 35.4 Å². The quantitative estimate of drug-likeness (QED) is 0.883. The van der Waals surface area contributed by atoms with Gasteiger partial charge in [0.2, 0.25) is 0 Å². The Morgan fingerprint density at radius 1 is 1.29 bits per heavy atom. The van der Waals surface area contributed by atoms with Gasteiger partial charge in [0.05, 0.1) is 5.60 Å².